The van der Waals surface area contributed by atoms with E-state index in [2.05, 4.69) is 25.7 Å². The zero-order valence-corrected chi connectivity index (χ0v) is 10.7. The molecule has 0 amide bonds. The highest BCUT2D eigenvalue weighted by Crippen LogP contribution is 2.52. The average molecular weight is 234 g/mol. The van der Waals surface area contributed by atoms with Crippen molar-refractivity contribution in [3.63, 3.8) is 0 Å². The number of terminal acetylenes is 2. The molecule has 94 valence electrons. The number of aliphatic hydroxyl groups excluding tert-OH is 2. The molecule has 0 heterocycles. The largest absolute Gasteiger partial charge is 0.395 e. The Morgan fingerprint density at radius 3 is 2.47 bits per heavy atom. The van der Waals surface area contributed by atoms with Crippen molar-refractivity contribution in [2.24, 2.45) is 16.7 Å². The maximum Gasteiger partial charge on any atom is 0.0833 e. The first-order chi connectivity index (χ1) is 7.94. The van der Waals surface area contributed by atoms with Gasteiger partial charge in [0.25, 0.3) is 0 Å². The number of hydrogen-bond acceptors (Lipinski definition) is 2. The summed E-state index contributed by atoms with van der Waals surface area (Å²) < 4.78 is 0. The second-order valence-electron chi connectivity index (χ2n) is 5.68. The zero-order valence-electron chi connectivity index (χ0n) is 10.7. The molecule has 0 radical (unpaired) electrons. The van der Waals surface area contributed by atoms with Gasteiger partial charge in [0.2, 0.25) is 0 Å². The van der Waals surface area contributed by atoms with Crippen molar-refractivity contribution in [1.82, 2.24) is 0 Å². The van der Waals surface area contributed by atoms with E-state index in [0.29, 0.717) is 12.8 Å². The molecule has 2 N–H and O–H groups in total. The summed E-state index contributed by atoms with van der Waals surface area (Å²) in [6.07, 6.45) is 13.2. The molecule has 1 fully saturated rings. The van der Waals surface area contributed by atoms with Crippen molar-refractivity contribution in [3.8, 4) is 24.7 Å². The molecule has 1 aliphatic rings. The Balaban J connectivity index is 3.10. The van der Waals surface area contributed by atoms with Crippen LogP contribution in [0, 0.1) is 41.4 Å². The fourth-order valence-corrected chi connectivity index (χ4v) is 3.20. The van der Waals surface area contributed by atoms with E-state index in [1.807, 2.05) is 0 Å². The average Bonchev–Trinajstić information content (AvgIpc) is 2.31. The molecule has 1 aliphatic carbocycles. The van der Waals surface area contributed by atoms with E-state index in [4.69, 9.17) is 12.8 Å². The molecular weight excluding hydrogens is 212 g/mol. The Morgan fingerprint density at radius 2 is 2.00 bits per heavy atom. The van der Waals surface area contributed by atoms with E-state index in [1.54, 1.807) is 0 Å². The van der Waals surface area contributed by atoms with Gasteiger partial charge >= 0.3 is 0 Å². The van der Waals surface area contributed by atoms with Gasteiger partial charge in [-0.25, -0.2) is 0 Å². The first-order valence-electron chi connectivity index (χ1n) is 6.14. The van der Waals surface area contributed by atoms with Crippen LogP contribution in [0.25, 0.3) is 0 Å². The van der Waals surface area contributed by atoms with Crippen LogP contribution in [0.4, 0.5) is 0 Å². The van der Waals surface area contributed by atoms with Gasteiger partial charge in [0.1, 0.15) is 0 Å². The Morgan fingerprint density at radius 1 is 1.35 bits per heavy atom. The standard InChI is InChI=1S/C15H22O2/c1-5-7-8-12-14(3,4)10-9-13(17)15(12,6-2)11-16/h1-2,12-13,16-17H,7-11H2,3-4H3/t12-,13+,15-/m0/s1. The van der Waals surface area contributed by atoms with Gasteiger partial charge in [-0.2, -0.15) is 0 Å². The van der Waals surface area contributed by atoms with Crippen molar-refractivity contribution >= 4 is 0 Å². The van der Waals surface area contributed by atoms with Gasteiger partial charge in [-0.1, -0.05) is 19.8 Å². The molecule has 0 aromatic carbocycles. The summed E-state index contributed by atoms with van der Waals surface area (Å²) in [5.41, 5.74) is -0.830. The van der Waals surface area contributed by atoms with Crippen LogP contribution < -0.4 is 0 Å². The monoisotopic (exact) mass is 234 g/mol. The van der Waals surface area contributed by atoms with E-state index in [9.17, 15) is 10.2 Å². The lowest BCUT2D eigenvalue weighted by atomic mass is 9.54. The summed E-state index contributed by atoms with van der Waals surface area (Å²) in [6.45, 7) is 4.10. The lowest BCUT2D eigenvalue weighted by molar-refractivity contribution is -0.100. The molecule has 0 spiro atoms. The minimum absolute atomic E-state index is 0.00514. The van der Waals surface area contributed by atoms with Gasteiger partial charge in [0.05, 0.1) is 18.1 Å². The van der Waals surface area contributed by atoms with Gasteiger partial charge in [-0.15, -0.1) is 18.8 Å². The molecular formula is C15H22O2. The molecule has 17 heavy (non-hydrogen) atoms. The highest BCUT2D eigenvalue weighted by Gasteiger charge is 2.52. The minimum Gasteiger partial charge on any atom is -0.395 e. The Bertz CT molecular complexity index is 345. The molecule has 0 aromatic heterocycles. The first-order valence-corrected chi connectivity index (χ1v) is 6.14. The molecule has 0 aromatic rings. The van der Waals surface area contributed by atoms with Gasteiger partial charge in [0.15, 0.2) is 0 Å². The van der Waals surface area contributed by atoms with Crippen LogP contribution in [0.3, 0.4) is 0 Å². The molecule has 3 atom stereocenters. The van der Waals surface area contributed by atoms with Crippen molar-refractivity contribution in [2.45, 2.75) is 45.6 Å². The molecule has 1 rings (SSSR count). The molecule has 1 saturated carbocycles. The minimum atomic E-state index is -0.835. The molecule has 2 heteroatoms. The predicted molar refractivity (Wildman–Crippen MR) is 68.9 cm³/mol. The third-order valence-electron chi connectivity index (χ3n) is 4.33. The first kappa shape index (κ1) is 14.1. The maximum atomic E-state index is 10.2. The van der Waals surface area contributed by atoms with E-state index in [-0.39, 0.29) is 17.9 Å². The molecule has 0 saturated heterocycles. The Hall–Kier alpha value is -0.960. The lowest BCUT2D eigenvalue weighted by Crippen LogP contribution is -2.53. The topological polar surface area (TPSA) is 40.5 Å². The second kappa shape index (κ2) is 5.13. The highest BCUT2D eigenvalue weighted by atomic mass is 16.3. The summed E-state index contributed by atoms with van der Waals surface area (Å²) >= 11 is 0. The quantitative estimate of drug-likeness (QED) is 0.731. The summed E-state index contributed by atoms with van der Waals surface area (Å²) in [4.78, 5) is 0. The number of hydrogen-bond donors (Lipinski definition) is 2. The predicted octanol–water partition coefficient (Wildman–Crippen LogP) is 1.81. The van der Waals surface area contributed by atoms with Crippen LogP contribution in [0.15, 0.2) is 0 Å². The third-order valence-corrected chi connectivity index (χ3v) is 4.33. The highest BCUT2D eigenvalue weighted by molar-refractivity contribution is 5.17. The number of aliphatic hydroxyl groups is 2. The van der Waals surface area contributed by atoms with Crippen molar-refractivity contribution in [1.29, 1.82) is 0 Å². The van der Waals surface area contributed by atoms with Crippen LogP contribution in [-0.2, 0) is 0 Å². The molecule has 2 nitrogen and oxygen atoms in total. The van der Waals surface area contributed by atoms with Crippen molar-refractivity contribution in [2.75, 3.05) is 6.61 Å². The fraction of sp³-hybridized carbons (Fsp3) is 0.733. The molecule has 0 unspecified atom stereocenters. The van der Waals surface area contributed by atoms with Gasteiger partial charge < -0.3 is 10.2 Å². The zero-order chi connectivity index (χ0) is 13.1. The van der Waals surface area contributed by atoms with Crippen molar-refractivity contribution in [3.05, 3.63) is 0 Å². The van der Waals surface area contributed by atoms with Crippen LogP contribution in [0.5, 0.6) is 0 Å². The molecule has 0 bridgehead atoms. The van der Waals surface area contributed by atoms with Crippen LogP contribution in [-0.4, -0.2) is 22.9 Å². The van der Waals surface area contributed by atoms with Gasteiger partial charge in [-0.05, 0) is 30.6 Å². The van der Waals surface area contributed by atoms with E-state index >= 15 is 0 Å². The smallest absolute Gasteiger partial charge is 0.0833 e. The fourth-order valence-electron chi connectivity index (χ4n) is 3.20. The second-order valence-corrected chi connectivity index (χ2v) is 5.68. The van der Waals surface area contributed by atoms with Crippen molar-refractivity contribution < 1.29 is 10.2 Å². The Labute approximate surface area is 104 Å². The third kappa shape index (κ3) is 2.34. The maximum absolute atomic E-state index is 10.2. The summed E-state index contributed by atoms with van der Waals surface area (Å²) in [5.74, 6) is 5.34. The summed E-state index contributed by atoms with van der Waals surface area (Å²) in [7, 11) is 0. The molecule has 0 aliphatic heterocycles. The van der Waals surface area contributed by atoms with E-state index in [0.717, 1.165) is 12.8 Å². The number of rotatable bonds is 3. The van der Waals surface area contributed by atoms with Gasteiger partial charge in [-0.3, -0.25) is 0 Å². The van der Waals surface area contributed by atoms with Crippen LogP contribution in [0.1, 0.15) is 39.5 Å². The summed E-state index contributed by atoms with van der Waals surface area (Å²) in [6, 6.07) is 0. The van der Waals surface area contributed by atoms with E-state index in [1.165, 1.54) is 0 Å². The Kier molecular flexibility index (Phi) is 4.26. The normalized spacial score (nSPS) is 35.9. The van der Waals surface area contributed by atoms with Crippen LogP contribution in [0.2, 0.25) is 0 Å². The summed E-state index contributed by atoms with van der Waals surface area (Å²) in [5, 5.41) is 19.8. The SMILES string of the molecule is C#CCC[C@H]1C(C)(C)CC[C@@H](O)[C@@]1(C#C)CO. The van der Waals surface area contributed by atoms with E-state index < -0.39 is 11.5 Å². The lowest BCUT2D eigenvalue weighted by Gasteiger charge is -2.51. The van der Waals surface area contributed by atoms with Gasteiger partial charge in [0, 0.05) is 6.42 Å². The van der Waals surface area contributed by atoms with Crippen LogP contribution >= 0.6 is 0 Å².